The summed E-state index contributed by atoms with van der Waals surface area (Å²) in [7, 11) is 0. The van der Waals surface area contributed by atoms with E-state index < -0.39 is 47.7 Å². The van der Waals surface area contributed by atoms with Crippen LogP contribution in [0.1, 0.15) is 69.1 Å². The van der Waals surface area contributed by atoms with E-state index in [4.69, 9.17) is 21.1 Å². The Labute approximate surface area is 319 Å². The highest BCUT2D eigenvalue weighted by atomic mass is 79.9. The molecule has 3 aliphatic rings. The van der Waals surface area contributed by atoms with Crippen molar-refractivity contribution in [3.8, 4) is 0 Å². The summed E-state index contributed by atoms with van der Waals surface area (Å²) in [5.41, 5.74) is 0.680. The third-order valence-corrected chi connectivity index (χ3v) is 11.6. The minimum Gasteiger partial charge on any atom is -0.455 e. The summed E-state index contributed by atoms with van der Waals surface area (Å²) < 4.78 is 13.1. The van der Waals surface area contributed by atoms with Crippen LogP contribution in [-0.2, 0) is 28.7 Å². The summed E-state index contributed by atoms with van der Waals surface area (Å²) in [6.07, 6.45) is 5.54. The van der Waals surface area contributed by atoms with Crippen LogP contribution in [0.4, 0.5) is 5.69 Å². The maximum atomic E-state index is 15.0. The Morgan fingerprint density at radius 1 is 1.13 bits per heavy atom. The van der Waals surface area contributed by atoms with Crippen LogP contribution < -0.4 is 10.2 Å². The second kappa shape index (κ2) is 17.5. The van der Waals surface area contributed by atoms with Gasteiger partial charge < -0.3 is 29.7 Å². The van der Waals surface area contributed by atoms with Crippen molar-refractivity contribution in [1.29, 1.82) is 0 Å². The number of alkyl halides is 1. The molecule has 0 saturated carbocycles. The fourth-order valence-electron chi connectivity index (χ4n) is 8.14. The minimum absolute atomic E-state index is 0.0788. The highest BCUT2D eigenvalue weighted by Gasteiger charge is 2.77. The number of hydrogen-bond acceptors (Lipinski definition) is 7. The lowest BCUT2D eigenvalue weighted by Crippen LogP contribution is -2.57. The lowest BCUT2D eigenvalue weighted by molar-refractivity contribution is -0.162. The first-order valence-electron chi connectivity index (χ1n) is 18.1. The number of aryl methyl sites for hydroxylation is 1. The fourth-order valence-corrected chi connectivity index (χ4v) is 9.41. The number of halogens is 2. The molecule has 1 spiro atoms. The number of carbonyl (C=O) groups is 4. The second-order valence-electron chi connectivity index (χ2n) is 13.9. The zero-order valence-electron chi connectivity index (χ0n) is 29.8. The molecule has 3 fully saturated rings. The van der Waals surface area contributed by atoms with Gasteiger partial charge in [0.15, 0.2) is 0 Å². The van der Waals surface area contributed by atoms with Crippen molar-refractivity contribution in [3.05, 3.63) is 90.0 Å². The first-order chi connectivity index (χ1) is 25.0. The molecule has 8 atom stereocenters. The number of likely N-dealkylation sites (tertiary alicyclic amines) is 1. The van der Waals surface area contributed by atoms with Gasteiger partial charge in [0, 0.05) is 30.9 Å². The standard InChI is InChI=1S/C40H49BrClN3O7/c1-5-7-20-30(47)43-26(4)34(27-17-11-10-12-18-27)51-39(50)31-32-37(48)45(22-13-8-9-14-23-46)36(40(32)24-28(41)35(31)52-40)38(49)44(21-6-2)33-25(3)16-15-19-29(33)42/h5-6,10-12,15-19,26,28,31-32,34-36,46H,1-2,7-9,13-14,20-24H2,3-4H3,(H,43,47)/t26-,28?,31-,32+,34-,35-,36-,40+/m1/s1. The van der Waals surface area contributed by atoms with Crippen LogP contribution in [0.5, 0.6) is 0 Å². The number of unbranched alkanes of at least 4 members (excludes halogenated alkanes) is 3. The number of para-hydroxylation sites is 1. The van der Waals surface area contributed by atoms with Crippen LogP contribution in [0.3, 0.4) is 0 Å². The molecular weight excluding hydrogens is 750 g/mol. The second-order valence-corrected chi connectivity index (χ2v) is 15.5. The number of benzene rings is 2. The van der Waals surface area contributed by atoms with Crippen LogP contribution in [0.25, 0.3) is 0 Å². The number of ether oxygens (including phenoxy) is 2. The van der Waals surface area contributed by atoms with Crippen LogP contribution >= 0.6 is 27.5 Å². The molecule has 3 heterocycles. The number of aliphatic hydroxyl groups excluding tert-OH is 1. The number of fused-ring (bicyclic) bond motifs is 1. The van der Waals surface area contributed by atoms with Crippen molar-refractivity contribution in [2.75, 3.05) is 24.6 Å². The van der Waals surface area contributed by atoms with Gasteiger partial charge in [0.1, 0.15) is 17.7 Å². The van der Waals surface area contributed by atoms with Crippen molar-refractivity contribution in [2.45, 2.75) is 93.5 Å². The Kier molecular flexibility index (Phi) is 13.4. The van der Waals surface area contributed by atoms with Crippen molar-refractivity contribution in [1.82, 2.24) is 10.2 Å². The Bertz CT molecular complexity index is 1620. The maximum Gasteiger partial charge on any atom is 0.313 e. The number of esters is 1. The van der Waals surface area contributed by atoms with Gasteiger partial charge in [-0.15, -0.1) is 13.2 Å². The Hall–Kier alpha value is -3.51. The highest BCUT2D eigenvalue weighted by Crippen LogP contribution is 2.60. The van der Waals surface area contributed by atoms with Gasteiger partial charge in [-0.3, -0.25) is 19.2 Å². The quantitative estimate of drug-likeness (QED) is 0.0794. The third kappa shape index (κ3) is 7.88. The Balaban J connectivity index is 1.51. The molecule has 280 valence electrons. The molecule has 1 unspecified atom stereocenters. The average Bonchev–Trinajstić information content (AvgIpc) is 3.72. The van der Waals surface area contributed by atoms with Crippen LogP contribution in [-0.4, -0.2) is 82.0 Å². The molecule has 2 N–H and O–H groups in total. The van der Waals surface area contributed by atoms with Crippen molar-refractivity contribution in [2.24, 2.45) is 11.8 Å². The number of carbonyl (C=O) groups excluding carboxylic acids is 4. The molecule has 3 aliphatic heterocycles. The summed E-state index contributed by atoms with van der Waals surface area (Å²) in [5.74, 6) is -3.51. The highest BCUT2D eigenvalue weighted by molar-refractivity contribution is 9.09. The zero-order valence-corrected chi connectivity index (χ0v) is 32.2. The maximum absolute atomic E-state index is 15.0. The van der Waals surface area contributed by atoms with Crippen LogP contribution in [0.2, 0.25) is 5.02 Å². The molecule has 10 nitrogen and oxygen atoms in total. The lowest BCUT2D eigenvalue weighted by Gasteiger charge is -2.37. The summed E-state index contributed by atoms with van der Waals surface area (Å²) in [5, 5.41) is 12.7. The predicted molar refractivity (Wildman–Crippen MR) is 204 cm³/mol. The minimum atomic E-state index is -1.32. The number of nitrogens with zero attached hydrogens (tertiary/aromatic N) is 2. The van der Waals surface area contributed by atoms with E-state index in [-0.39, 0.29) is 48.7 Å². The first kappa shape index (κ1) is 39.7. The van der Waals surface area contributed by atoms with Gasteiger partial charge in [-0.2, -0.15) is 0 Å². The zero-order chi connectivity index (χ0) is 37.6. The molecule has 2 aromatic rings. The van der Waals surface area contributed by atoms with Gasteiger partial charge in [-0.1, -0.05) is 95.0 Å². The SMILES string of the molecule is C=CCCC(=O)N[C@H](C)[C@@H](OC(=O)[C@H]1[C@@H]2O[C@@]3(CC2Br)[C@@H]1C(=O)N(CCCCCCO)[C@@H]3C(=O)N(CC=C)c1c(C)cccc1Cl)c1ccccc1. The smallest absolute Gasteiger partial charge is 0.313 e. The molecule has 0 aliphatic carbocycles. The van der Waals surface area contributed by atoms with Gasteiger partial charge in [0.25, 0.3) is 5.91 Å². The lowest BCUT2D eigenvalue weighted by atomic mass is 9.70. The van der Waals surface area contributed by atoms with Gasteiger partial charge in [0.2, 0.25) is 11.8 Å². The largest absolute Gasteiger partial charge is 0.455 e. The fraction of sp³-hybridized carbons (Fsp3) is 0.500. The van der Waals surface area contributed by atoms with E-state index >= 15 is 4.79 Å². The van der Waals surface area contributed by atoms with E-state index in [1.54, 1.807) is 34.9 Å². The van der Waals surface area contributed by atoms with Crippen LogP contribution in [0.15, 0.2) is 73.8 Å². The molecule has 12 heteroatoms. The monoisotopic (exact) mass is 797 g/mol. The molecule has 0 aromatic heterocycles. The summed E-state index contributed by atoms with van der Waals surface area (Å²) in [6, 6.07) is 12.9. The van der Waals surface area contributed by atoms with E-state index in [9.17, 15) is 19.5 Å². The third-order valence-electron chi connectivity index (χ3n) is 10.4. The topological polar surface area (TPSA) is 125 Å². The van der Waals surface area contributed by atoms with Crippen molar-refractivity contribution in [3.63, 3.8) is 0 Å². The molecule has 3 amide bonds. The van der Waals surface area contributed by atoms with E-state index in [1.165, 1.54) is 0 Å². The van der Waals surface area contributed by atoms with Gasteiger partial charge in [0.05, 0.1) is 34.7 Å². The number of anilines is 1. The molecule has 0 radical (unpaired) electrons. The molecular formula is C40H49BrClN3O7. The molecule has 52 heavy (non-hydrogen) atoms. The van der Waals surface area contributed by atoms with E-state index in [1.807, 2.05) is 49.4 Å². The Morgan fingerprint density at radius 3 is 2.54 bits per heavy atom. The first-order valence-corrected chi connectivity index (χ1v) is 19.4. The van der Waals surface area contributed by atoms with Gasteiger partial charge in [-0.25, -0.2) is 0 Å². The van der Waals surface area contributed by atoms with Gasteiger partial charge in [-0.05, 0) is 56.7 Å². The normalized spacial score (nSPS) is 25.7. The number of amides is 3. The number of rotatable bonds is 18. The summed E-state index contributed by atoms with van der Waals surface area (Å²) >= 11 is 10.5. The molecule has 2 bridgehead atoms. The number of nitrogens with one attached hydrogen (secondary N) is 1. The molecule has 3 saturated heterocycles. The predicted octanol–water partition coefficient (Wildman–Crippen LogP) is 6.22. The number of aliphatic hydroxyl groups is 1. The average molecular weight is 799 g/mol. The van der Waals surface area contributed by atoms with E-state index in [0.29, 0.717) is 42.0 Å². The molecule has 2 aromatic carbocycles. The summed E-state index contributed by atoms with van der Waals surface area (Å²) in [6.45, 7) is 11.7. The number of allylic oxidation sites excluding steroid dienone is 1. The van der Waals surface area contributed by atoms with E-state index in [2.05, 4.69) is 34.4 Å². The van der Waals surface area contributed by atoms with Crippen molar-refractivity contribution < 1.29 is 33.8 Å². The number of hydrogen-bond donors (Lipinski definition) is 2. The van der Waals surface area contributed by atoms with Crippen molar-refractivity contribution >= 4 is 56.9 Å². The van der Waals surface area contributed by atoms with Gasteiger partial charge >= 0.3 is 5.97 Å². The van der Waals surface area contributed by atoms with E-state index in [0.717, 1.165) is 18.4 Å². The summed E-state index contributed by atoms with van der Waals surface area (Å²) in [4.78, 5) is 59.8. The molecule has 5 rings (SSSR count). The van der Waals surface area contributed by atoms with Crippen LogP contribution in [0, 0.1) is 18.8 Å². The Morgan fingerprint density at radius 2 is 1.87 bits per heavy atom.